The van der Waals surface area contributed by atoms with Gasteiger partial charge in [-0.25, -0.2) is 4.98 Å². The van der Waals surface area contributed by atoms with Gasteiger partial charge in [-0.2, -0.15) is 0 Å². The highest BCUT2D eigenvalue weighted by atomic mass is 35.5. The molecule has 3 rings (SSSR count). The van der Waals surface area contributed by atoms with E-state index >= 15 is 0 Å². The van der Waals surface area contributed by atoms with E-state index in [0.29, 0.717) is 28.0 Å². The molecule has 1 amide bonds. The van der Waals surface area contributed by atoms with Crippen molar-refractivity contribution in [3.8, 4) is 0 Å². The van der Waals surface area contributed by atoms with Gasteiger partial charge in [0.2, 0.25) is 0 Å². The second kappa shape index (κ2) is 6.05. The number of aryl methyl sites for hydroxylation is 1. The quantitative estimate of drug-likeness (QED) is 0.759. The summed E-state index contributed by atoms with van der Waals surface area (Å²) in [6.07, 6.45) is 1.70. The van der Waals surface area contributed by atoms with Gasteiger partial charge in [0.1, 0.15) is 11.3 Å². The Morgan fingerprint density at radius 2 is 1.87 bits per heavy atom. The monoisotopic (exact) mass is 327 g/mol. The van der Waals surface area contributed by atoms with Gasteiger partial charge in [0.25, 0.3) is 5.91 Å². The van der Waals surface area contributed by atoms with Crippen LogP contribution in [0.4, 0.5) is 5.69 Å². The van der Waals surface area contributed by atoms with Gasteiger partial charge in [0.05, 0.1) is 10.7 Å². The maximum absolute atomic E-state index is 12.6. The molecule has 118 valence electrons. The van der Waals surface area contributed by atoms with Gasteiger partial charge in [-0.3, -0.25) is 9.20 Å². The molecule has 3 aromatic rings. The van der Waals surface area contributed by atoms with Crippen LogP contribution in [0.2, 0.25) is 5.02 Å². The minimum absolute atomic E-state index is 0.199. The smallest absolute Gasteiger partial charge is 0.274 e. The van der Waals surface area contributed by atoms with Crippen molar-refractivity contribution in [2.24, 2.45) is 0 Å². The molecule has 0 fully saturated rings. The number of carbonyl (C=O) groups is 1. The van der Waals surface area contributed by atoms with Crippen LogP contribution in [0.25, 0.3) is 5.65 Å². The van der Waals surface area contributed by atoms with Crippen LogP contribution in [-0.2, 0) is 0 Å². The number of nitrogens with zero attached hydrogens (tertiary/aromatic N) is 2. The van der Waals surface area contributed by atoms with Crippen molar-refractivity contribution >= 4 is 28.8 Å². The molecule has 0 bridgehead atoms. The molecule has 0 radical (unpaired) electrons. The van der Waals surface area contributed by atoms with Crippen molar-refractivity contribution in [1.29, 1.82) is 0 Å². The number of anilines is 1. The molecule has 0 atom stereocenters. The molecule has 0 aliphatic heterocycles. The summed E-state index contributed by atoms with van der Waals surface area (Å²) in [5, 5.41) is 3.48. The van der Waals surface area contributed by atoms with E-state index < -0.39 is 0 Å². The third-order valence-corrected chi connectivity index (χ3v) is 4.03. The van der Waals surface area contributed by atoms with Gasteiger partial charge in [0.15, 0.2) is 0 Å². The van der Waals surface area contributed by atoms with E-state index in [4.69, 9.17) is 11.6 Å². The van der Waals surface area contributed by atoms with Gasteiger partial charge in [-0.1, -0.05) is 37.6 Å². The lowest BCUT2D eigenvalue weighted by molar-refractivity contribution is 0.102. The molecular weight excluding hydrogens is 310 g/mol. The van der Waals surface area contributed by atoms with Crippen LogP contribution in [0.1, 0.15) is 41.5 Å². The maximum Gasteiger partial charge on any atom is 0.274 e. The number of fused-ring (bicyclic) bond motifs is 1. The fourth-order valence-electron chi connectivity index (χ4n) is 2.55. The highest BCUT2D eigenvalue weighted by Crippen LogP contribution is 2.20. The summed E-state index contributed by atoms with van der Waals surface area (Å²) >= 11 is 6.03. The van der Waals surface area contributed by atoms with E-state index in [9.17, 15) is 4.79 Å². The molecule has 0 spiro atoms. The number of halogens is 1. The first-order valence-corrected chi connectivity index (χ1v) is 7.89. The normalized spacial score (nSPS) is 11.2. The summed E-state index contributed by atoms with van der Waals surface area (Å²) in [6.45, 7) is 6.09. The number of imidazole rings is 1. The first-order valence-electron chi connectivity index (χ1n) is 7.51. The molecule has 2 aromatic heterocycles. The van der Waals surface area contributed by atoms with Gasteiger partial charge in [-0.15, -0.1) is 0 Å². The Hall–Kier alpha value is -2.33. The molecular formula is C18H18ClN3O. The number of hydrogen-bond acceptors (Lipinski definition) is 2. The molecule has 0 unspecified atom stereocenters. The van der Waals surface area contributed by atoms with Crippen LogP contribution in [0.15, 0.2) is 42.6 Å². The summed E-state index contributed by atoms with van der Waals surface area (Å²) in [7, 11) is 0. The number of nitrogens with one attached hydrogen (secondary N) is 1. The zero-order valence-electron chi connectivity index (χ0n) is 13.3. The van der Waals surface area contributed by atoms with E-state index in [1.54, 1.807) is 22.7 Å². The molecule has 4 nitrogen and oxygen atoms in total. The van der Waals surface area contributed by atoms with Crippen molar-refractivity contribution in [3.05, 3.63) is 64.6 Å². The number of pyridine rings is 1. The Kier molecular flexibility index (Phi) is 4.09. The fraction of sp³-hybridized carbons (Fsp3) is 0.222. The van der Waals surface area contributed by atoms with Gasteiger partial charge in [-0.05, 0) is 42.7 Å². The number of benzene rings is 1. The summed E-state index contributed by atoms with van der Waals surface area (Å²) in [5.41, 5.74) is 3.86. The average molecular weight is 328 g/mol. The van der Waals surface area contributed by atoms with E-state index in [0.717, 1.165) is 5.69 Å². The molecule has 1 aromatic carbocycles. The van der Waals surface area contributed by atoms with E-state index in [-0.39, 0.29) is 5.91 Å². The molecule has 0 saturated carbocycles. The molecule has 1 N–H and O–H groups in total. The van der Waals surface area contributed by atoms with E-state index in [1.165, 1.54) is 5.56 Å². The molecule has 23 heavy (non-hydrogen) atoms. The van der Waals surface area contributed by atoms with Crippen LogP contribution in [-0.4, -0.2) is 15.3 Å². The van der Waals surface area contributed by atoms with Gasteiger partial charge < -0.3 is 5.32 Å². The SMILES string of the molecule is Cc1nc2ccc(Cl)cn2c1C(=O)Nc1ccc(C(C)C)cc1. The predicted molar refractivity (Wildman–Crippen MR) is 93.4 cm³/mol. The van der Waals surface area contributed by atoms with Gasteiger partial charge in [0, 0.05) is 11.9 Å². The van der Waals surface area contributed by atoms with Crippen LogP contribution in [0.5, 0.6) is 0 Å². The van der Waals surface area contributed by atoms with Crippen molar-refractivity contribution in [1.82, 2.24) is 9.38 Å². The number of carbonyl (C=O) groups excluding carboxylic acids is 1. The summed E-state index contributed by atoms with van der Waals surface area (Å²) in [6, 6.07) is 11.4. The van der Waals surface area contributed by atoms with Crippen LogP contribution >= 0.6 is 11.6 Å². The average Bonchev–Trinajstić information content (AvgIpc) is 2.83. The second-order valence-electron chi connectivity index (χ2n) is 5.85. The Balaban J connectivity index is 1.91. The number of hydrogen-bond donors (Lipinski definition) is 1. The summed E-state index contributed by atoms with van der Waals surface area (Å²) in [5.74, 6) is 0.262. The Morgan fingerprint density at radius 1 is 1.17 bits per heavy atom. The lowest BCUT2D eigenvalue weighted by atomic mass is 10.0. The standard InChI is InChI=1S/C18H18ClN3O/c1-11(2)13-4-7-15(8-5-13)21-18(23)17-12(3)20-16-9-6-14(19)10-22(16)17/h4-11H,1-3H3,(H,21,23). The number of rotatable bonds is 3. The zero-order chi connectivity index (χ0) is 16.6. The Bertz CT molecular complexity index is 866. The van der Waals surface area contributed by atoms with Crippen LogP contribution < -0.4 is 5.32 Å². The van der Waals surface area contributed by atoms with Gasteiger partial charge >= 0.3 is 0 Å². The lowest BCUT2D eigenvalue weighted by Crippen LogP contribution is -2.15. The molecule has 0 aliphatic rings. The van der Waals surface area contributed by atoms with Crippen molar-refractivity contribution < 1.29 is 4.79 Å². The number of aromatic nitrogens is 2. The van der Waals surface area contributed by atoms with Crippen molar-refractivity contribution in [2.45, 2.75) is 26.7 Å². The Morgan fingerprint density at radius 3 is 2.52 bits per heavy atom. The molecule has 5 heteroatoms. The third kappa shape index (κ3) is 3.08. The third-order valence-electron chi connectivity index (χ3n) is 3.81. The highest BCUT2D eigenvalue weighted by molar-refractivity contribution is 6.30. The maximum atomic E-state index is 12.6. The number of amides is 1. The largest absolute Gasteiger partial charge is 0.321 e. The second-order valence-corrected chi connectivity index (χ2v) is 6.29. The zero-order valence-corrected chi connectivity index (χ0v) is 14.1. The van der Waals surface area contributed by atoms with E-state index in [2.05, 4.69) is 24.1 Å². The van der Waals surface area contributed by atoms with E-state index in [1.807, 2.05) is 31.2 Å². The minimum Gasteiger partial charge on any atom is -0.321 e. The molecule has 0 aliphatic carbocycles. The van der Waals surface area contributed by atoms with Crippen molar-refractivity contribution in [3.63, 3.8) is 0 Å². The predicted octanol–water partition coefficient (Wildman–Crippen LogP) is 4.67. The van der Waals surface area contributed by atoms with Crippen LogP contribution in [0, 0.1) is 6.92 Å². The lowest BCUT2D eigenvalue weighted by Gasteiger charge is -2.09. The van der Waals surface area contributed by atoms with Crippen LogP contribution in [0.3, 0.4) is 0 Å². The fourth-order valence-corrected chi connectivity index (χ4v) is 2.71. The minimum atomic E-state index is -0.199. The first kappa shape index (κ1) is 15.6. The first-order chi connectivity index (χ1) is 11.0. The summed E-state index contributed by atoms with van der Waals surface area (Å²) in [4.78, 5) is 17.0. The Labute approximate surface area is 140 Å². The highest BCUT2D eigenvalue weighted by Gasteiger charge is 2.17. The topological polar surface area (TPSA) is 46.4 Å². The summed E-state index contributed by atoms with van der Waals surface area (Å²) < 4.78 is 1.72. The molecule has 0 saturated heterocycles. The molecule has 2 heterocycles. The van der Waals surface area contributed by atoms with Crippen molar-refractivity contribution in [2.75, 3.05) is 5.32 Å².